The van der Waals surface area contributed by atoms with Gasteiger partial charge in [-0.2, -0.15) is 0 Å². The molecule has 0 N–H and O–H groups in total. The monoisotopic (exact) mass is 867 g/mol. The molecule has 15 aromatic rings. The van der Waals surface area contributed by atoms with Crippen molar-refractivity contribution in [3.8, 4) is 39.7 Å². The second kappa shape index (κ2) is 14.1. The molecule has 0 atom stereocenters. The highest BCUT2D eigenvalue weighted by atomic mass is 16.3. The Labute approximate surface area is 388 Å². The zero-order chi connectivity index (χ0) is 44.5. The van der Waals surface area contributed by atoms with Crippen LogP contribution in [0.3, 0.4) is 0 Å². The molecule has 0 fully saturated rings. The van der Waals surface area contributed by atoms with Gasteiger partial charge in [-0.05, 0) is 113 Å². The molecule has 0 aliphatic heterocycles. The molecule has 0 amide bonds. The van der Waals surface area contributed by atoms with E-state index >= 15 is 0 Å². The molecular formula is C62H37N5O. The van der Waals surface area contributed by atoms with Crippen LogP contribution in [-0.4, -0.2) is 23.7 Å². The van der Waals surface area contributed by atoms with Gasteiger partial charge in [-0.1, -0.05) is 133 Å². The van der Waals surface area contributed by atoms with E-state index in [1.165, 1.54) is 38.0 Å². The molecule has 0 saturated carbocycles. The molecule has 0 radical (unpaired) electrons. The van der Waals surface area contributed by atoms with E-state index in [4.69, 9.17) is 14.4 Å². The lowest BCUT2D eigenvalue weighted by molar-refractivity contribution is 0.666. The molecule has 6 heteroatoms. The molecular weight excluding hydrogens is 831 g/mol. The smallest absolute Gasteiger partial charge is 0.236 e. The normalized spacial score (nSPS) is 12.1. The molecule has 68 heavy (non-hydrogen) atoms. The van der Waals surface area contributed by atoms with Gasteiger partial charge in [0.05, 0.1) is 33.1 Å². The predicted molar refractivity (Wildman–Crippen MR) is 281 cm³/mol. The number of rotatable bonds is 5. The molecule has 10 aromatic carbocycles. The number of aromatic nitrogens is 5. The van der Waals surface area contributed by atoms with Crippen LogP contribution in [-0.2, 0) is 0 Å². The summed E-state index contributed by atoms with van der Waals surface area (Å²) in [6.45, 7) is 0. The second-order valence-corrected chi connectivity index (χ2v) is 17.8. The number of fused-ring (bicyclic) bond motifs is 13. The SMILES string of the molecule is c1ccc(-c2nc(-n3c4ccc(-c5ccc6c(c5)c5ccccc5n6-c5ccccc5)cc4c4cc5c(cc43)c3cc4ccccc4cc3n5-c3ccccc3)nc3c2oc2ccccc23)cc1. The molecule has 316 valence electrons. The van der Waals surface area contributed by atoms with Crippen molar-refractivity contribution >= 4 is 98.3 Å². The fourth-order valence-electron chi connectivity index (χ4n) is 10.9. The second-order valence-electron chi connectivity index (χ2n) is 17.8. The molecule has 0 saturated heterocycles. The summed E-state index contributed by atoms with van der Waals surface area (Å²) >= 11 is 0. The lowest BCUT2D eigenvalue weighted by atomic mass is 10.00. The fourth-order valence-corrected chi connectivity index (χ4v) is 10.9. The van der Waals surface area contributed by atoms with Crippen LogP contribution < -0.4 is 0 Å². The number of hydrogen-bond acceptors (Lipinski definition) is 3. The summed E-state index contributed by atoms with van der Waals surface area (Å²) in [6, 6.07) is 80.4. The summed E-state index contributed by atoms with van der Waals surface area (Å²) < 4.78 is 13.6. The van der Waals surface area contributed by atoms with E-state index in [1.54, 1.807) is 0 Å². The van der Waals surface area contributed by atoms with Crippen LogP contribution in [0.2, 0.25) is 0 Å². The molecule has 0 unspecified atom stereocenters. The van der Waals surface area contributed by atoms with E-state index in [9.17, 15) is 0 Å². The van der Waals surface area contributed by atoms with Crippen LogP contribution in [0.4, 0.5) is 0 Å². The van der Waals surface area contributed by atoms with Gasteiger partial charge in [0.2, 0.25) is 5.95 Å². The average Bonchev–Trinajstić information content (AvgIpc) is 4.13. The van der Waals surface area contributed by atoms with E-state index < -0.39 is 0 Å². The third kappa shape index (κ3) is 5.34. The zero-order valence-corrected chi connectivity index (χ0v) is 36.5. The maximum Gasteiger partial charge on any atom is 0.236 e. The quantitative estimate of drug-likeness (QED) is 0.173. The van der Waals surface area contributed by atoms with Crippen molar-refractivity contribution in [2.24, 2.45) is 0 Å². The predicted octanol–water partition coefficient (Wildman–Crippen LogP) is 16.2. The number of hydrogen-bond donors (Lipinski definition) is 0. The van der Waals surface area contributed by atoms with Crippen molar-refractivity contribution in [2.45, 2.75) is 0 Å². The zero-order valence-electron chi connectivity index (χ0n) is 36.5. The van der Waals surface area contributed by atoms with Gasteiger partial charge < -0.3 is 13.6 Å². The Morgan fingerprint density at radius 3 is 1.50 bits per heavy atom. The molecule has 6 nitrogen and oxygen atoms in total. The van der Waals surface area contributed by atoms with Crippen molar-refractivity contribution in [3.05, 3.63) is 224 Å². The minimum Gasteiger partial charge on any atom is -0.452 e. The fraction of sp³-hybridized carbons (Fsp3) is 0. The third-order valence-corrected chi connectivity index (χ3v) is 14.0. The van der Waals surface area contributed by atoms with E-state index in [1.807, 2.05) is 36.4 Å². The largest absolute Gasteiger partial charge is 0.452 e. The van der Waals surface area contributed by atoms with Crippen LogP contribution in [0.15, 0.2) is 229 Å². The molecule has 0 bridgehead atoms. The maximum absolute atomic E-state index is 6.58. The van der Waals surface area contributed by atoms with E-state index in [-0.39, 0.29) is 0 Å². The topological polar surface area (TPSA) is 53.7 Å². The van der Waals surface area contributed by atoms with Gasteiger partial charge in [-0.25, -0.2) is 9.97 Å². The summed E-state index contributed by atoms with van der Waals surface area (Å²) in [5.41, 5.74) is 15.2. The Balaban J connectivity index is 1.05. The third-order valence-electron chi connectivity index (χ3n) is 14.0. The van der Waals surface area contributed by atoms with Crippen LogP contribution in [0.25, 0.3) is 138 Å². The maximum atomic E-state index is 6.58. The molecule has 5 heterocycles. The van der Waals surface area contributed by atoms with Crippen LogP contribution in [0.1, 0.15) is 0 Å². The first-order valence-electron chi connectivity index (χ1n) is 23.1. The van der Waals surface area contributed by atoms with Crippen molar-refractivity contribution in [2.75, 3.05) is 0 Å². The van der Waals surface area contributed by atoms with Crippen LogP contribution in [0.5, 0.6) is 0 Å². The average molecular weight is 868 g/mol. The van der Waals surface area contributed by atoms with Gasteiger partial charge >= 0.3 is 0 Å². The molecule has 15 rings (SSSR count). The molecule has 0 aliphatic rings. The Bertz CT molecular complexity index is 4540. The van der Waals surface area contributed by atoms with Crippen molar-refractivity contribution in [3.63, 3.8) is 0 Å². The van der Waals surface area contributed by atoms with Crippen molar-refractivity contribution in [1.82, 2.24) is 23.7 Å². The van der Waals surface area contributed by atoms with Gasteiger partial charge in [0.1, 0.15) is 16.8 Å². The number of para-hydroxylation sites is 4. The van der Waals surface area contributed by atoms with Gasteiger partial charge in [-0.15, -0.1) is 0 Å². The van der Waals surface area contributed by atoms with E-state index in [2.05, 4.69) is 202 Å². The number of benzene rings is 10. The number of nitrogens with zero attached hydrogens (tertiary/aromatic N) is 5. The standard InChI is InChI=1S/C62H37N5O/c1-4-16-38(17-5-1)59-61-60(46-25-13-15-27-58(46)68-61)64-62(63-59)67-54-31-29-42(41-28-30-53-47(33-41)45-24-12-14-26-52(45)65(53)43-20-6-2-7-21-43)34-48(54)50-36-56-51(37-57(50)67)49-32-39-18-10-11-19-40(39)35-55(49)66(56)44-22-8-3-9-23-44/h1-37H. The van der Waals surface area contributed by atoms with Gasteiger partial charge in [0.25, 0.3) is 0 Å². The summed E-state index contributed by atoms with van der Waals surface area (Å²) in [7, 11) is 0. The first kappa shape index (κ1) is 37.0. The minimum atomic E-state index is 0.586. The minimum absolute atomic E-state index is 0.586. The summed E-state index contributed by atoms with van der Waals surface area (Å²) in [6.07, 6.45) is 0. The van der Waals surface area contributed by atoms with Gasteiger partial charge in [0, 0.05) is 54.6 Å². The van der Waals surface area contributed by atoms with Crippen molar-refractivity contribution < 1.29 is 4.42 Å². The van der Waals surface area contributed by atoms with Crippen molar-refractivity contribution in [1.29, 1.82) is 0 Å². The Hall–Kier alpha value is -9.26. The highest BCUT2D eigenvalue weighted by Crippen LogP contribution is 2.43. The summed E-state index contributed by atoms with van der Waals surface area (Å²) in [5, 5.41) is 10.4. The van der Waals surface area contributed by atoms with E-state index in [0.717, 1.165) is 88.5 Å². The Kier molecular flexibility index (Phi) is 7.69. The summed E-state index contributed by atoms with van der Waals surface area (Å²) in [4.78, 5) is 10.9. The van der Waals surface area contributed by atoms with E-state index in [0.29, 0.717) is 11.5 Å². The molecule has 0 spiro atoms. The van der Waals surface area contributed by atoms with Gasteiger partial charge in [0.15, 0.2) is 5.58 Å². The Morgan fingerprint density at radius 2 is 0.794 bits per heavy atom. The number of furan rings is 1. The lowest BCUT2D eigenvalue weighted by Crippen LogP contribution is -2.03. The Morgan fingerprint density at radius 1 is 0.309 bits per heavy atom. The van der Waals surface area contributed by atoms with Gasteiger partial charge in [-0.3, -0.25) is 4.57 Å². The highest BCUT2D eigenvalue weighted by Gasteiger charge is 2.24. The van der Waals surface area contributed by atoms with Crippen LogP contribution >= 0.6 is 0 Å². The summed E-state index contributed by atoms with van der Waals surface area (Å²) in [5.74, 6) is 0.586. The molecule has 0 aliphatic carbocycles. The first-order chi connectivity index (χ1) is 33.7. The molecule has 5 aromatic heterocycles. The first-order valence-corrected chi connectivity index (χ1v) is 23.1. The van der Waals surface area contributed by atoms with Crippen LogP contribution in [0, 0.1) is 0 Å². The lowest BCUT2D eigenvalue weighted by Gasteiger charge is -2.10. The highest BCUT2D eigenvalue weighted by molar-refractivity contribution is 6.21.